The zero-order chi connectivity index (χ0) is 19.5. The summed E-state index contributed by atoms with van der Waals surface area (Å²) in [4.78, 5) is 8.55. The Kier molecular flexibility index (Phi) is 6.04. The van der Waals surface area contributed by atoms with Gasteiger partial charge < -0.3 is 14.4 Å². The van der Waals surface area contributed by atoms with Gasteiger partial charge in [0, 0.05) is 30.5 Å². The molecule has 0 bridgehead atoms. The van der Waals surface area contributed by atoms with E-state index in [9.17, 15) is 0 Å². The Bertz CT molecular complexity index is 757. The maximum atomic E-state index is 6.37. The summed E-state index contributed by atoms with van der Waals surface area (Å²) >= 11 is 1.78. The minimum absolute atomic E-state index is 0.0886. The number of methoxy groups -OCH3 is 1. The maximum Gasteiger partial charge on any atom is 0.134 e. The number of rotatable bonds is 7. The van der Waals surface area contributed by atoms with Crippen molar-refractivity contribution >= 4 is 11.3 Å². The summed E-state index contributed by atoms with van der Waals surface area (Å²) < 4.78 is 11.9. The fourth-order valence-electron chi connectivity index (χ4n) is 5.15. The molecule has 0 amide bonds. The van der Waals surface area contributed by atoms with Gasteiger partial charge >= 0.3 is 0 Å². The maximum absolute atomic E-state index is 6.37. The molecule has 1 spiro atoms. The van der Waals surface area contributed by atoms with Gasteiger partial charge in [0.15, 0.2) is 0 Å². The third-order valence-corrected chi connectivity index (χ3v) is 7.57. The van der Waals surface area contributed by atoms with Crippen LogP contribution in [0.25, 0.3) is 0 Å². The summed E-state index contributed by atoms with van der Waals surface area (Å²) in [5.41, 5.74) is 1.47. The highest BCUT2D eigenvalue weighted by atomic mass is 32.1. The van der Waals surface area contributed by atoms with E-state index in [0.29, 0.717) is 0 Å². The van der Waals surface area contributed by atoms with Crippen LogP contribution in [0.2, 0.25) is 0 Å². The molecular weight excluding hydrogens is 368 g/mol. The molecule has 1 atom stereocenters. The average Bonchev–Trinajstić information content (AvgIpc) is 3.36. The van der Waals surface area contributed by atoms with Crippen molar-refractivity contribution in [2.75, 3.05) is 27.3 Å². The van der Waals surface area contributed by atoms with Gasteiger partial charge in [0.2, 0.25) is 0 Å². The lowest BCUT2D eigenvalue weighted by molar-refractivity contribution is -0.105. The van der Waals surface area contributed by atoms with E-state index in [-0.39, 0.29) is 11.0 Å². The molecule has 2 fully saturated rings. The van der Waals surface area contributed by atoms with Gasteiger partial charge in [0.25, 0.3) is 0 Å². The van der Waals surface area contributed by atoms with Gasteiger partial charge in [-0.25, -0.2) is 0 Å². The predicted molar refractivity (Wildman–Crippen MR) is 114 cm³/mol. The molecule has 2 aromatic rings. The van der Waals surface area contributed by atoms with Crippen molar-refractivity contribution in [3.8, 4) is 5.75 Å². The van der Waals surface area contributed by atoms with Crippen molar-refractivity contribution in [3.63, 3.8) is 0 Å². The summed E-state index contributed by atoms with van der Waals surface area (Å²) in [6.07, 6.45) is 10.3. The van der Waals surface area contributed by atoms with Crippen LogP contribution in [-0.2, 0) is 16.7 Å². The number of ether oxygens (including phenoxy) is 2. The molecule has 1 aliphatic heterocycles. The third kappa shape index (κ3) is 4.12. The van der Waals surface area contributed by atoms with E-state index >= 15 is 0 Å². The van der Waals surface area contributed by atoms with Crippen LogP contribution in [0.15, 0.2) is 35.8 Å². The molecule has 4 nitrogen and oxygen atoms in total. The van der Waals surface area contributed by atoms with E-state index in [1.807, 2.05) is 12.3 Å². The van der Waals surface area contributed by atoms with E-state index in [2.05, 4.69) is 35.5 Å². The van der Waals surface area contributed by atoms with Gasteiger partial charge in [-0.2, -0.15) is 0 Å². The van der Waals surface area contributed by atoms with Crippen molar-refractivity contribution in [2.24, 2.45) is 0 Å². The highest BCUT2D eigenvalue weighted by Gasteiger charge is 2.48. The molecule has 4 rings (SSSR count). The lowest BCUT2D eigenvalue weighted by atomic mass is 9.68. The minimum Gasteiger partial charge on any atom is -0.496 e. The van der Waals surface area contributed by atoms with Gasteiger partial charge in [0.05, 0.1) is 17.6 Å². The number of nitrogens with zero attached hydrogens (tertiary/aromatic N) is 2. The number of thiophene rings is 1. The highest BCUT2D eigenvalue weighted by molar-refractivity contribution is 7.10. The molecular formula is C23H32N2O2S. The quantitative estimate of drug-likeness (QED) is 0.652. The topological polar surface area (TPSA) is 34.6 Å². The van der Waals surface area contributed by atoms with Crippen LogP contribution in [0, 0.1) is 0 Å². The lowest BCUT2D eigenvalue weighted by Crippen LogP contribution is -2.47. The molecule has 1 aliphatic carbocycles. The molecule has 0 radical (unpaired) electrons. The molecule has 5 heteroatoms. The Morgan fingerprint density at radius 3 is 2.82 bits per heavy atom. The van der Waals surface area contributed by atoms with Crippen LogP contribution in [0.1, 0.15) is 55.5 Å². The second-order valence-corrected chi connectivity index (χ2v) is 9.56. The van der Waals surface area contributed by atoms with Crippen molar-refractivity contribution in [1.82, 2.24) is 9.88 Å². The Labute approximate surface area is 172 Å². The van der Waals surface area contributed by atoms with Crippen molar-refractivity contribution in [2.45, 2.75) is 62.5 Å². The first kappa shape index (κ1) is 19.9. The van der Waals surface area contributed by atoms with Crippen LogP contribution >= 0.6 is 11.3 Å². The van der Waals surface area contributed by atoms with E-state index in [1.165, 1.54) is 36.3 Å². The molecule has 3 heterocycles. The molecule has 2 aliphatic rings. The Hall–Kier alpha value is -1.43. The SMILES string of the molecule is COc1ccsc1CN(C)CCC1(c2ccccn2)CCOC2(CCCC2)C1. The monoisotopic (exact) mass is 400 g/mol. The fraction of sp³-hybridized carbons (Fsp3) is 0.609. The first-order chi connectivity index (χ1) is 13.6. The zero-order valence-electron chi connectivity index (χ0n) is 17.2. The summed E-state index contributed by atoms with van der Waals surface area (Å²) in [7, 11) is 3.97. The van der Waals surface area contributed by atoms with E-state index in [1.54, 1.807) is 18.4 Å². The molecule has 2 aromatic heterocycles. The average molecular weight is 401 g/mol. The second-order valence-electron chi connectivity index (χ2n) is 8.56. The van der Waals surface area contributed by atoms with E-state index in [4.69, 9.17) is 14.5 Å². The fourth-order valence-corrected chi connectivity index (χ4v) is 6.07. The summed E-state index contributed by atoms with van der Waals surface area (Å²) in [6.45, 7) is 2.84. The number of hydrogen-bond acceptors (Lipinski definition) is 5. The van der Waals surface area contributed by atoms with Crippen LogP contribution in [0.3, 0.4) is 0 Å². The summed E-state index contributed by atoms with van der Waals surface area (Å²) in [5, 5.41) is 2.11. The lowest BCUT2D eigenvalue weighted by Gasteiger charge is -2.47. The Morgan fingerprint density at radius 2 is 2.07 bits per heavy atom. The molecule has 152 valence electrons. The van der Waals surface area contributed by atoms with Crippen LogP contribution in [0.5, 0.6) is 5.75 Å². The normalized spacial score (nSPS) is 24.1. The van der Waals surface area contributed by atoms with Gasteiger partial charge in [-0.3, -0.25) is 4.98 Å². The smallest absolute Gasteiger partial charge is 0.134 e. The van der Waals surface area contributed by atoms with Gasteiger partial charge in [0.1, 0.15) is 5.75 Å². The third-order valence-electron chi connectivity index (χ3n) is 6.68. The number of pyridine rings is 1. The van der Waals surface area contributed by atoms with Crippen LogP contribution in [-0.4, -0.2) is 42.8 Å². The first-order valence-corrected chi connectivity index (χ1v) is 11.4. The zero-order valence-corrected chi connectivity index (χ0v) is 18.0. The Morgan fingerprint density at radius 1 is 1.21 bits per heavy atom. The van der Waals surface area contributed by atoms with Crippen molar-refractivity contribution in [1.29, 1.82) is 0 Å². The van der Waals surface area contributed by atoms with E-state index in [0.717, 1.165) is 44.7 Å². The molecule has 1 saturated carbocycles. The van der Waals surface area contributed by atoms with Gasteiger partial charge in [-0.1, -0.05) is 18.9 Å². The molecule has 28 heavy (non-hydrogen) atoms. The predicted octanol–water partition coefficient (Wildman–Crippen LogP) is 5.03. The largest absolute Gasteiger partial charge is 0.496 e. The van der Waals surface area contributed by atoms with E-state index < -0.39 is 0 Å². The van der Waals surface area contributed by atoms with Crippen molar-refractivity contribution in [3.05, 3.63) is 46.4 Å². The number of hydrogen-bond donors (Lipinski definition) is 0. The second kappa shape index (κ2) is 8.52. The van der Waals surface area contributed by atoms with Crippen LogP contribution in [0.4, 0.5) is 0 Å². The highest BCUT2D eigenvalue weighted by Crippen LogP contribution is 2.49. The first-order valence-electron chi connectivity index (χ1n) is 10.5. The summed E-state index contributed by atoms with van der Waals surface area (Å²) in [6, 6.07) is 8.46. The molecule has 0 aromatic carbocycles. The standard InChI is InChI=1S/C23H32N2O2S/c1-25(17-20-19(26-2)8-16-28-20)14-11-22(21-7-3-6-13-24-21)12-15-27-23(18-22)9-4-5-10-23/h3,6-8,13,16H,4-5,9-12,14-15,17-18H2,1-2H3. The van der Waals surface area contributed by atoms with Gasteiger partial charge in [-0.05, 0) is 69.3 Å². The molecule has 1 unspecified atom stereocenters. The molecule has 0 N–H and O–H groups in total. The molecule has 1 saturated heterocycles. The Balaban J connectivity index is 1.50. The minimum atomic E-state index is 0.0886. The van der Waals surface area contributed by atoms with Crippen molar-refractivity contribution < 1.29 is 9.47 Å². The number of aromatic nitrogens is 1. The van der Waals surface area contributed by atoms with Gasteiger partial charge in [-0.15, -0.1) is 11.3 Å². The summed E-state index contributed by atoms with van der Waals surface area (Å²) in [5.74, 6) is 1.01. The van der Waals surface area contributed by atoms with Crippen LogP contribution < -0.4 is 4.74 Å².